The van der Waals surface area contributed by atoms with Gasteiger partial charge in [-0.15, -0.1) is 0 Å². The first-order chi connectivity index (χ1) is 10.7. The van der Waals surface area contributed by atoms with Crippen LogP contribution in [0.1, 0.15) is 29.8 Å². The van der Waals surface area contributed by atoms with E-state index in [0.717, 1.165) is 11.1 Å². The highest BCUT2D eigenvalue weighted by atomic mass is 16.1. The molecular weight excluding hydrogens is 274 g/mol. The molecule has 4 nitrogen and oxygen atoms in total. The maximum atomic E-state index is 12.1. The Hall–Kier alpha value is -2.75. The van der Waals surface area contributed by atoms with Gasteiger partial charge in [-0.1, -0.05) is 35.9 Å². The molecule has 1 aromatic carbocycles. The average molecular weight is 293 g/mol. The molecule has 0 radical (unpaired) electrons. The van der Waals surface area contributed by atoms with E-state index in [1.165, 1.54) is 0 Å². The number of benzene rings is 1. The predicted octanol–water partition coefficient (Wildman–Crippen LogP) is 3.38. The molecule has 0 bridgehead atoms. The van der Waals surface area contributed by atoms with Crippen LogP contribution in [0.2, 0.25) is 0 Å². The Labute approximate surface area is 130 Å². The molecule has 1 aromatic heterocycles. The lowest BCUT2D eigenvalue weighted by Gasteiger charge is -2.07. The van der Waals surface area contributed by atoms with Crippen molar-refractivity contribution >= 4 is 12.1 Å². The van der Waals surface area contributed by atoms with Gasteiger partial charge in [0.25, 0.3) is 5.91 Å². The molecular formula is C18H19N3O. The van der Waals surface area contributed by atoms with Crippen LogP contribution in [0, 0.1) is 0 Å². The van der Waals surface area contributed by atoms with Gasteiger partial charge >= 0.3 is 0 Å². The molecule has 0 fully saturated rings. The molecule has 0 aliphatic rings. The number of allylic oxidation sites excluding steroid dienone is 2. The zero-order chi connectivity index (χ0) is 15.8. The van der Waals surface area contributed by atoms with Crippen molar-refractivity contribution < 1.29 is 4.79 Å². The zero-order valence-corrected chi connectivity index (χ0v) is 12.8. The summed E-state index contributed by atoms with van der Waals surface area (Å²) in [5, 5.41) is 2.87. The lowest BCUT2D eigenvalue weighted by atomic mass is 10.2. The highest BCUT2D eigenvalue weighted by Crippen LogP contribution is 2.03. The van der Waals surface area contributed by atoms with Gasteiger partial charge in [0.2, 0.25) is 0 Å². The molecule has 2 rings (SSSR count). The smallest absolute Gasteiger partial charge is 0.257 e. The third kappa shape index (κ3) is 4.66. The molecule has 0 unspecified atom stereocenters. The number of nitrogens with zero attached hydrogens (tertiary/aromatic N) is 2. The molecule has 1 amide bonds. The van der Waals surface area contributed by atoms with Gasteiger partial charge in [0, 0.05) is 18.6 Å². The van der Waals surface area contributed by atoms with E-state index < -0.39 is 0 Å². The Morgan fingerprint density at radius 2 is 1.95 bits per heavy atom. The van der Waals surface area contributed by atoms with Crippen LogP contribution >= 0.6 is 0 Å². The van der Waals surface area contributed by atoms with E-state index in [9.17, 15) is 4.79 Å². The number of carbonyl (C=O) groups is 1. The molecule has 0 aliphatic heterocycles. The minimum absolute atomic E-state index is 0.185. The summed E-state index contributed by atoms with van der Waals surface area (Å²) >= 11 is 0. The van der Waals surface area contributed by atoms with Crippen molar-refractivity contribution in [3.63, 3.8) is 0 Å². The summed E-state index contributed by atoms with van der Waals surface area (Å²) in [6.45, 7) is 4.46. The number of hydrogen-bond donors (Lipinski definition) is 1. The Balaban J connectivity index is 2.02. The minimum Gasteiger partial charge on any atom is -0.321 e. The summed E-state index contributed by atoms with van der Waals surface area (Å²) < 4.78 is 0. The Morgan fingerprint density at radius 1 is 1.18 bits per heavy atom. The quantitative estimate of drug-likeness (QED) is 0.859. The maximum Gasteiger partial charge on any atom is 0.257 e. The topological polar surface area (TPSA) is 54.4 Å². The maximum absolute atomic E-state index is 12.1. The fourth-order valence-corrected chi connectivity index (χ4v) is 1.80. The molecule has 2 aromatic rings. The molecule has 0 aliphatic carbocycles. The van der Waals surface area contributed by atoms with Gasteiger partial charge in [0.05, 0.1) is 17.8 Å². The first kappa shape index (κ1) is 15.6. The van der Waals surface area contributed by atoms with E-state index in [4.69, 9.17) is 0 Å². The number of nitrogens with one attached hydrogen (secondary N) is 1. The molecule has 0 saturated carbocycles. The van der Waals surface area contributed by atoms with Crippen LogP contribution in [-0.2, 0) is 6.54 Å². The number of rotatable bonds is 5. The summed E-state index contributed by atoms with van der Waals surface area (Å²) in [5.41, 5.74) is 3.36. The van der Waals surface area contributed by atoms with Crippen molar-refractivity contribution in [2.75, 3.05) is 0 Å². The van der Waals surface area contributed by atoms with Crippen LogP contribution in [0.4, 0.5) is 0 Å². The fraction of sp³-hybridized carbons (Fsp3) is 0.167. The second kappa shape index (κ2) is 7.88. The van der Waals surface area contributed by atoms with Crippen LogP contribution in [0.3, 0.4) is 0 Å². The van der Waals surface area contributed by atoms with Gasteiger partial charge in [-0.3, -0.25) is 14.8 Å². The Bertz CT molecular complexity index is 672. The molecule has 0 spiro atoms. The van der Waals surface area contributed by atoms with Gasteiger partial charge in [0.1, 0.15) is 0 Å². The third-order valence-electron chi connectivity index (χ3n) is 3.05. The van der Waals surface area contributed by atoms with Gasteiger partial charge < -0.3 is 5.32 Å². The standard InChI is InChI=1S/C18H19N3O/c1-14(2)17(13-20-11-15-7-4-3-5-8-15)21-18(22)16-9-6-10-19-12-16/h3-10,12-13H,11H2,1-2H3,(H,21,22)/b20-13-. The fourth-order valence-electron chi connectivity index (χ4n) is 1.80. The number of aliphatic imine (C=N–C) groups is 1. The lowest BCUT2D eigenvalue weighted by molar-refractivity contribution is 0.0967. The zero-order valence-electron chi connectivity index (χ0n) is 12.8. The Kier molecular flexibility index (Phi) is 5.60. The van der Waals surface area contributed by atoms with Crippen LogP contribution in [0.5, 0.6) is 0 Å². The number of pyridine rings is 1. The van der Waals surface area contributed by atoms with Gasteiger partial charge in [-0.25, -0.2) is 0 Å². The molecule has 22 heavy (non-hydrogen) atoms. The number of carbonyl (C=O) groups excluding carboxylic acids is 1. The van der Waals surface area contributed by atoms with Gasteiger partial charge in [0.15, 0.2) is 0 Å². The SMILES string of the molecule is CC(C)=C(/C=N\Cc1ccccc1)NC(=O)c1cccnc1. The average Bonchev–Trinajstić information content (AvgIpc) is 2.55. The predicted molar refractivity (Wildman–Crippen MR) is 88.7 cm³/mol. The van der Waals surface area contributed by atoms with E-state index in [-0.39, 0.29) is 5.91 Å². The summed E-state index contributed by atoms with van der Waals surface area (Å²) in [6, 6.07) is 13.4. The number of hydrogen-bond acceptors (Lipinski definition) is 3. The molecule has 0 saturated heterocycles. The highest BCUT2D eigenvalue weighted by molar-refractivity contribution is 5.98. The van der Waals surface area contributed by atoms with Gasteiger partial charge in [-0.2, -0.15) is 0 Å². The van der Waals surface area contributed by atoms with Crippen LogP contribution in [-0.4, -0.2) is 17.1 Å². The molecule has 4 heteroatoms. The second-order valence-corrected chi connectivity index (χ2v) is 5.06. The highest BCUT2D eigenvalue weighted by Gasteiger charge is 2.07. The summed E-state index contributed by atoms with van der Waals surface area (Å²) in [6.07, 6.45) is 4.88. The number of amides is 1. The third-order valence-corrected chi connectivity index (χ3v) is 3.05. The van der Waals surface area contributed by atoms with Crippen molar-refractivity contribution in [3.05, 3.63) is 77.3 Å². The largest absolute Gasteiger partial charge is 0.321 e. The van der Waals surface area contributed by atoms with E-state index in [1.807, 2.05) is 44.2 Å². The first-order valence-corrected chi connectivity index (χ1v) is 7.09. The van der Waals surface area contributed by atoms with E-state index >= 15 is 0 Å². The molecule has 112 valence electrons. The van der Waals surface area contributed by atoms with Crippen molar-refractivity contribution in [1.29, 1.82) is 0 Å². The first-order valence-electron chi connectivity index (χ1n) is 7.09. The van der Waals surface area contributed by atoms with Crippen molar-refractivity contribution in [3.8, 4) is 0 Å². The van der Waals surface area contributed by atoms with Gasteiger partial charge in [-0.05, 0) is 31.5 Å². The summed E-state index contributed by atoms with van der Waals surface area (Å²) in [7, 11) is 0. The number of aromatic nitrogens is 1. The van der Waals surface area contributed by atoms with Crippen molar-refractivity contribution in [1.82, 2.24) is 10.3 Å². The van der Waals surface area contributed by atoms with Crippen LogP contribution < -0.4 is 5.32 Å². The minimum atomic E-state index is -0.185. The van der Waals surface area contributed by atoms with Crippen LogP contribution in [0.15, 0.2) is 71.1 Å². The Morgan fingerprint density at radius 3 is 2.59 bits per heavy atom. The molecule has 1 N–H and O–H groups in total. The van der Waals surface area contributed by atoms with E-state index in [2.05, 4.69) is 15.3 Å². The molecule has 0 atom stereocenters. The van der Waals surface area contributed by atoms with Crippen LogP contribution in [0.25, 0.3) is 0 Å². The molecule has 1 heterocycles. The van der Waals surface area contributed by atoms with Crippen molar-refractivity contribution in [2.45, 2.75) is 20.4 Å². The monoisotopic (exact) mass is 293 g/mol. The van der Waals surface area contributed by atoms with E-state index in [0.29, 0.717) is 17.8 Å². The van der Waals surface area contributed by atoms with Crippen molar-refractivity contribution in [2.24, 2.45) is 4.99 Å². The normalized spacial score (nSPS) is 10.5. The second-order valence-electron chi connectivity index (χ2n) is 5.06. The lowest BCUT2D eigenvalue weighted by Crippen LogP contribution is -2.24. The summed E-state index contributed by atoms with van der Waals surface area (Å²) in [4.78, 5) is 20.5. The van der Waals surface area contributed by atoms with E-state index in [1.54, 1.807) is 30.7 Å². The summed E-state index contributed by atoms with van der Waals surface area (Å²) in [5.74, 6) is -0.185.